The van der Waals surface area contributed by atoms with Crippen LogP contribution in [0, 0.1) is 13.8 Å². The van der Waals surface area contributed by atoms with E-state index in [1.54, 1.807) is 0 Å². The summed E-state index contributed by atoms with van der Waals surface area (Å²) in [5.41, 5.74) is 6.23. The largest absolute Gasteiger partial charge is 0.349 e. The number of aliphatic imine (C=N–C) groups is 1. The summed E-state index contributed by atoms with van der Waals surface area (Å²) in [7, 11) is 0. The molecule has 1 N–H and O–H groups in total. The van der Waals surface area contributed by atoms with Crippen molar-refractivity contribution in [2.24, 2.45) is 4.99 Å². The molecule has 1 fully saturated rings. The number of nitrogens with zero attached hydrogens (tertiary/aromatic N) is 2. The van der Waals surface area contributed by atoms with Crippen LogP contribution in [-0.4, -0.2) is 24.3 Å². The number of urea groups is 1. The average molecular weight is 402 g/mol. The summed E-state index contributed by atoms with van der Waals surface area (Å²) in [5, 5.41) is 2.22. The van der Waals surface area contributed by atoms with Crippen molar-refractivity contribution in [3.8, 4) is 0 Å². The van der Waals surface area contributed by atoms with Gasteiger partial charge >= 0.3 is 6.03 Å². The summed E-state index contributed by atoms with van der Waals surface area (Å²) >= 11 is 0. The lowest BCUT2D eigenvalue weighted by molar-refractivity contribution is -0.116. The van der Waals surface area contributed by atoms with Gasteiger partial charge in [-0.05, 0) is 73.8 Å². The first-order valence-electron chi connectivity index (χ1n) is 10.5. The number of hydrogen-bond acceptors (Lipinski definition) is 3. The lowest BCUT2D eigenvalue weighted by Gasteiger charge is -2.30. The fourth-order valence-electron chi connectivity index (χ4n) is 4.10. The molecule has 3 amide bonds. The first kappa shape index (κ1) is 20.1. The number of carbonyl (C=O) groups excluding carboxylic acids is 2. The van der Waals surface area contributed by atoms with Gasteiger partial charge in [0.1, 0.15) is 0 Å². The lowest BCUT2D eigenvalue weighted by Crippen LogP contribution is -2.45. The van der Waals surface area contributed by atoms with Crippen LogP contribution >= 0.6 is 0 Å². The summed E-state index contributed by atoms with van der Waals surface area (Å²) in [4.78, 5) is 30.4. The highest BCUT2D eigenvalue weighted by atomic mass is 16.2. The van der Waals surface area contributed by atoms with Crippen LogP contribution in [0.1, 0.15) is 47.4 Å². The van der Waals surface area contributed by atoms with E-state index in [0.29, 0.717) is 18.3 Å². The predicted octanol–water partition coefficient (Wildman–Crippen LogP) is 4.82. The molecule has 0 atom stereocenters. The van der Waals surface area contributed by atoms with Crippen molar-refractivity contribution < 1.29 is 9.59 Å². The van der Waals surface area contributed by atoms with Crippen LogP contribution in [0.5, 0.6) is 0 Å². The Morgan fingerprint density at radius 1 is 1.10 bits per heavy atom. The van der Waals surface area contributed by atoms with Crippen LogP contribution < -0.4 is 10.2 Å². The van der Waals surface area contributed by atoms with Crippen molar-refractivity contribution in [1.82, 2.24) is 5.32 Å². The second-order valence-electron chi connectivity index (χ2n) is 8.18. The van der Waals surface area contributed by atoms with Gasteiger partial charge in [-0.25, -0.2) is 4.79 Å². The number of amides is 3. The molecule has 30 heavy (non-hydrogen) atoms. The van der Waals surface area contributed by atoms with Crippen LogP contribution in [0.3, 0.4) is 0 Å². The average Bonchev–Trinajstić information content (AvgIpc) is 3.55. The molecule has 0 unspecified atom stereocenters. The molecule has 1 heterocycles. The standard InChI is InChI=1S/C25H27N3O2/c1-16-14-17(2)22(15-21(16)20-11-12-20)28(13-7-10-19-8-5-4-6-9-19)23-18(3)24(29)27-25(30)26-23/h4-6,8-9,14-15,20H,3,7,10-13H2,1-2H3,(H,27,29,30). The topological polar surface area (TPSA) is 61.8 Å². The Hall–Kier alpha value is -3.21. The summed E-state index contributed by atoms with van der Waals surface area (Å²) in [6.45, 7) is 8.76. The molecule has 0 radical (unpaired) electrons. The fourth-order valence-corrected chi connectivity index (χ4v) is 4.10. The number of hydrogen-bond donors (Lipinski definition) is 1. The van der Waals surface area contributed by atoms with E-state index >= 15 is 0 Å². The van der Waals surface area contributed by atoms with Crippen LogP contribution in [0.15, 0.2) is 59.6 Å². The number of carbonyl (C=O) groups is 2. The first-order chi connectivity index (χ1) is 14.4. The van der Waals surface area contributed by atoms with Gasteiger partial charge in [0.2, 0.25) is 0 Å². The molecule has 0 spiro atoms. The SMILES string of the molecule is C=C1C(=O)NC(=O)N=C1N(CCCc1ccccc1)c1cc(C2CC2)c(C)cc1C. The zero-order valence-corrected chi connectivity index (χ0v) is 17.6. The molecule has 0 aromatic heterocycles. The Morgan fingerprint density at radius 3 is 2.53 bits per heavy atom. The van der Waals surface area contributed by atoms with Gasteiger partial charge in [-0.3, -0.25) is 10.1 Å². The van der Waals surface area contributed by atoms with E-state index < -0.39 is 11.9 Å². The van der Waals surface area contributed by atoms with E-state index in [2.05, 4.69) is 55.0 Å². The molecule has 1 saturated carbocycles. The lowest BCUT2D eigenvalue weighted by atomic mass is 9.98. The highest BCUT2D eigenvalue weighted by Gasteiger charge is 2.31. The highest BCUT2D eigenvalue weighted by molar-refractivity contribution is 6.32. The maximum atomic E-state index is 12.2. The number of nitrogens with one attached hydrogen (secondary N) is 1. The van der Waals surface area contributed by atoms with E-state index in [1.165, 1.54) is 29.5 Å². The minimum absolute atomic E-state index is 0.224. The van der Waals surface area contributed by atoms with Crippen molar-refractivity contribution >= 4 is 23.5 Å². The molecule has 2 aromatic carbocycles. The zero-order chi connectivity index (χ0) is 21.3. The van der Waals surface area contributed by atoms with Crippen molar-refractivity contribution in [1.29, 1.82) is 0 Å². The number of aryl methyl sites for hydroxylation is 3. The Labute approximate surface area is 177 Å². The molecule has 154 valence electrons. The highest BCUT2D eigenvalue weighted by Crippen LogP contribution is 2.43. The van der Waals surface area contributed by atoms with Gasteiger partial charge in [0.05, 0.1) is 5.57 Å². The molecule has 4 rings (SSSR count). The maximum absolute atomic E-state index is 12.2. The van der Waals surface area contributed by atoms with Gasteiger partial charge in [-0.1, -0.05) is 43.0 Å². The minimum atomic E-state index is -0.636. The normalized spacial score (nSPS) is 16.3. The number of amidine groups is 1. The molecular weight excluding hydrogens is 374 g/mol. The monoisotopic (exact) mass is 401 g/mol. The Kier molecular flexibility index (Phi) is 5.53. The first-order valence-corrected chi connectivity index (χ1v) is 10.5. The molecule has 2 aromatic rings. The van der Waals surface area contributed by atoms with E-state index in [-0.39, 0.29) is 5.57 Å². The fraction of sp³-hybridized carbons (Fsp3) is 0.320. The summed E-state index contributed by atoms with van der Waals surface area (Å²) in [5.74, 6) is 0.479. The number of anilines is 1. The van der Waals surface area contributed by atoms with Gasteiger partial charge in [0.25, 0.3) is 5.91 Å². The third-order valence-electron chi connectivity index (χ3n) is 5.81. The van der Waals surface area contributed by atoms with Crippen LogP contribution in [0.25, 0.3) is 0 Å². The Bertz CT molecular complexity index is 1040. The van der Waals surface area contributed by atoms with E-state index in [9.17, 15) is 9.59 Å². The molecule has 2 aliphatic rings. The summed E-state index contributed by atoms with van der Waals surface area (Å²) in [6, 6.07) is 14.1. The van der Waals surface area contributed by atoms with Crippen molar-refractivity contribution in [3.05, 3.63) is 76.9 Å². The quantitative estimate of drug-likeness (QED) is 0.706. The van der Waals surface area contributed by atoms with Crippen molar-refractivity contribution in [2.75, 3.05) is 11.4 Å². The molecule has 1 aliphatic heterocycles. The summed E-state index contributed by atoms with van der Waals surface area (Å²) in [6.07, 6.45) is 4.19. The Balaban J connectivity index is 1.68. The number of benzene rings is 2. The maximum Gasteiger partial charge on any atom is 0.349 e. The van der Waals surface area contributed by atoms with Crippen LogP contribution in [0.2, 0.25) is 0 Å². The molecule has 1 aliphatic carbocycles. The third-order valence-corrected chi connectivity index (χ3v) is 5.81. The van der Waals surface area contributed by atoms with Gasteiger partial charge in [0, 0.05) is 12.2 Å². The minimum Gasteiger partial charge on any atom is -0.325 e. The zero-order valence-electron chi connectivity index (χ0n) is 17.6. The second-order valence-corrected chi connectivity index (χ2v) is 8.18. The van der Waals surface area contributed by atoms with Crippen molar-refractivity contribution in [2.45, 2.75) is 45.4 Å². The van der Waals surface area contributed by atoms with Gasteiger partial charge < -0.3 is 4.90 Å². The second kappa shape index (κ2) is 8.27. The van der Waals surface area contributed by atoms with Gasteiger partial charge in [-0.15, -0.1) is 0 Å². The van der Waals surface area contributed by atoms with Crippen molar-refractivity contribution in [3.63, 3.8) is 0 Å². The predicted molar refractivity (Wildman–Crippen MR) is 120 cm³/mol. The van der Waals surface area contributed by atoms with Crippen LogP contribution in [-0.2, 0) is 11.2 Å². The number of rotatable bonds is 6. The molecule has 5 heteroatoms. The molecular formula is C25H27N3O2. The molecule has 5 nitrogen and oxygen atoms in total. The van der Waals surface area contributed by atoms with Gasteiger partial charge in [-0.2, -0.15) is 4.99 Å². The molecule has 0 saturated heterocycles. The van der Waals surface area contributed by atoms with Gasteiger partial charge in [0.15, 0.2) is 5.84 Å². The third kappa shape index (κ3) is 4.20. The smallest absolute Gasteiger partial charge is 0.325 e. The van der Waals surface area contributed by atoms with E-state index in [0.717, 1.165) is 24.1 Å². The Morgan fingerprint density at radius 2 is 1.83 bits per heavy atom. The van der Waals surface area contributed by atoms with E-state index in [4.69, 9.17) is 0 Å². The number of imide groups is 1. The van der Waals surface area contributed by atoms with E-state index in [1.807, 2.05) is 23.1 Å². The summed E-state index contributed by atoms with van der Waals surface area (Å²) < 4.78 is 0. The van der Waals surface area contributed by atoms with Crippen LogP contribution in [0.4, 0.5) is 10.5 Å². The molecule has 0 bridgehead atoms.